The third-order valence-corrected chi connectivity index (χ3v) is 3.93. The fourth-order valence-corrected chi connectivity index (χ4v) is 2.77. The second kappa shape index (κ2) is 6.99. The minimum absolute atomic E-state index is 0.101. The van der Waals surface area contributed by atoms with Gasteiger partial charge in [-0.1, -0.05) is 17.3 Å². The van der Waals surface area contributed by atoms with Crippen molar-refractivity contribution in [2.75, 3.05) is 7.11 Å². The number of halogens is 1. The number of rotatable bonds is 5. The van der Waals surface area contributed by atoms with Gasteiger partial charge in [-0.25, -0.2) is 4.39 Å². The van der Waals surface area contributed by atoms with Crippen LogP contribution >= 0.6 is 11.8 Å². The van der Waals surface area contributed by atoms with Gasteiger partial charge in [-0.2, -0.15) is 0 Å². The maximum atomic E-state index is 13.3. The molecule has 6 heteroatoms. The molecule has 0 saturated heterocycles. The third kappa shape index (κ3) is 3.88. The minimum atomic E-state index is -0.424. The first-order valence-corrected chi connectivity index (χ1v) is 7.15. The average molecular weight is 306 g/mol. The second-order valence-electron chi connectivity index (χ2n) is 4.25. The number of hydrogen-bond donors (Lipinski definition) is 2. The van der Waals surface area contributed by atoms with E-state index in [1.807, 2.05) is 24.3 Å². The zero-order valence-electron chi connectivity index (χ0n) is 11.4. The Labute approximate surface area is 126 Å². The van der Waals surface area contributed by atoms with Gasteiger partial charge in [0, 0.05) is 16.2 Å². The SMILES string of the molecule is COc1cccc(SCc2ccc(F)cc2C(N)=NO)c1. The Balaban J connectivity index is 2.19. The fourth-order valence-electron chi connectivity index (χ4n) is 1.82. The van der Waals surface area contributed by atoms with Crippen LogP contribution in [0.4, 0.5) is 4.39 Å². The second-order valence-corrected chi connectivity index (χ2v) is 5.30. The number of benzene rings is 2. The number of amidine groups is 1. The summed E-state index contributed by atoms with van der Waals surface area (Å²) in [5, 5.41) is 11.7. The zero-order chi connectivity index (χ0) is 15.2. The summed E-state index contributed by atoms with van der Waals surface area (Å²) in [6.07, 6.45) is 0. The summed E-state index contributed by atoms with van der Waals surface area (Å²) in [5.74, 6) is 0.817. The maximum Gasteiger partial charge on any atom is 0.170 e. The average Bonchev–Trinajstić information content (AvgIpc) is 2.53. The highest BCUT2D eigenvalue weighted by Gasteiger charge is 2.09. The van der Waals surface area contributed by atoms with E-state index in [1.54, 1.807) is 24.9 Å². The summed E-state index contributed by atoms with van der Waals surface area (Å²) < 4.78 is 18.5. The lowest BCUT2D eigenvalue weighted by Crippen LogP contribution is -2.15. The van der Waals surface area contributed by atoms with Gasteiger partial charge in [0.2, 0.25) is 0 Å². The Kier molecular flexibility index (Phi) is 5.05. The molecule has 4 nitrogen and oxygen atoms in total. The van der Waals surface area contributed by atoms with Crippen LogP contribution in [0.15, 0.2) is 52.5 Å². The van der Waals surface area contributed by atoms with E-state index in [-0.39, 0.29) is 5.84 Å². The molecule has 0 bridgehead atoms. The highest BCUT2D eigenvalue weighted by atomic mass is 32.2. The molecule has 0 aliphatic heterocycles. The van der Waals surface area contributed by atoms with E-state index in [1.165, 1.54) is 12.1 Å². The van der Waals surface area contributed by atoms with Crippen molar-refractivity contribution in [3.05, 3.63) is 59.4 Å². The van der Waals surface area contributed by atoms with Crippen LogP contribution in [0.25, 0.3) is 0 Å². The number of ether oxygens (including phenoxy) is 1. The molecule has 0 radical (unpaired) electrons. The number of thioether (sulfide) groups is 1. The molecule has 0 heterocycles. The molecule has 2 aromatic rings. The van der Waals surface area contributed by atoms with E-state index in [4.69, 9.17) is 15.7 Å². The monoisotopic (exact) mass is 306 g/mol. The van der Waals surface area contributed by atoms with Gasteiger partial charge in [0.1, 0.15) is 11.6 Å². The summed E-state index contributed by atoms with van der Waals surface area (Å²) in [7, 11) is 1.61. The van der Waals surface area contributed by atoms with Gasteiger partial charge in [-0.15, -0.1) is 11.8 Å². The molecule has 3 N–H and O–H groups in total. The zero-order valence-corrected chi connectivity index (χ0v) is 12.2. The Bertz CT molecular complexity index is 662. The molecule has 0 amide bonds. The van der Waals surface area contributed by atoms with Gasteiger partial charge in [0.15, 0.2) is 5.84 Å². The van der Waals surface area contributed by atoms with Gasteiger partial charge in [0.05, 0.1) is 7.11 Å². The predicted octanol–water partition coefficient (Wildman–Crippen LogP) is 3.22. The van der Waals surface area contributed by atoms with Crippen LogP contribution in [0.5, 0.6) is 5.75 Å². The summed E-state index contributed by atoms with van der Waals surface area (Å²) in [5.41, 5.74) is 6.77. The van der Waals surface area contributed by atoms with Crippen LogP contribution in [0, 0.1) is 5.82 Å². The Morgan fingerprint density at radius 2 is 2.14 bits per heavy atom. The van der Waals surface area contributed by atoms with Crippen LogP contribution in [-0.2, 0) is 5.75 Å². The van der Waals surface area contributed by atoms with Gasteiger partial charge in [0.25, 0.3) is 0 Å². The number of oxime groups is 1. The lowest BCUT2D eigenvalue weighted by atomic mass is 10.1. The van der Waals surface area contributed by atoms with E-state index in [9.17, 15) is 4.39 Å². The molecular formula is C15H15FN2O2S. The van der Waals surface area contributed by atoms with Crippen LogP contribution in [0.2, 0.25) is 0 Å². The predicted molar refractivity (Wildman–Crippen MR) is 81.5 cm³/mol. The van der Waals surface area contributed by atoms with Crippen molar-refractivity contribution in [2.24, 2.45) is 10.9 Å². The van der Waals surface area contributed by atoms with Crippen LogP contribution < -0.4 is 10.5 Å². The third-order valence-electron chi connectivity index (χ3n) is 2.89. The topological polar surface area (TPSA) is 67.8 Å². The molecular weight excluding hydrogens is 291 g/mol. The Hall–Kier alpha value is -2.21. The molecule has 0 aliphatic rings. The van der Waals surface area contributed by atoms with Crippen molar-refractivity contribution in [3.8, 4) is 5.75 Å². The Morgan fingerprint density at radius 1 is 1.33 bits per heavy atom. The number of nitrogens with two attached hydrogens (primary N) is 1. The van der Waals surface area contributed by atoms with Crippen LogP contribution in [-0.4, -0.2) is 18.2 Å². The molecule has 110 valence electrons. The first-order valence-electron chi connectivity index (χ1n) is 6.17. The molecule has 2 aromatic carbocycles. The first-order chi connectivity index (χ1) is 10.1. The minimum Gasteiger partial charge on any atom is -0.497 e. The van der Waals surface area contributed by atoms with Crippen LogP contribution in [0.1, 0.15) is 11.1 Å². The van der Waals surface area contributed by atoms with Gasteiger partial charge in [-0.05, 0) is 35.9 Å². The smallest absolute Gasteiger partial charge is 0.170 e. The van der Waals surface area contributed by atoms with Gasteiger partial charge >= 0.3 is 0 Å². The number of methoxy groups -OCH3 is 1. The summed E-state index contributed by atoms with van der Waals surface area (Å²) in [4.78, 5) is 1.02. The Morgan fingerprint density at radius 3 is 2.86 bits per heavy atom. The van der Waals surface area contributed by atoms with Crippen molar-refractivity contribution in [2.45, 2.75) is 10.6 Å². The molecule has 0 saturated carbocycles. The molecule has 0 aromatic heterocycles. The highest BCUT2D eigenvalue weighted by molar-refractivity contribution is 7.98. The lowest BCUT2D eigenvalue weighted by molar-refractivity contribution is 0.318. The van der Waals surface area contributed by atoms with Crippen molar-refractivity contribution < 1.29 is 14.3 Å². The van der Waals surface area contributed by atoms with Crippen molar-refractivity contribution >= 4 is 17.6 Å². The quantitative estimate of drug-likeness (QED) is 0.293. The van der Waals surface area contributed by atoms with E-state index >= 15 is 0 Å². The lowest BCUT2D eigenvalue weighted by Gasteiger charge is -2.09. The molecule has 0 atom stereocenters. The molecule has 0 spiro atoms. The van der Waals surface area contributed by atoms with Crippen molar-refractivity contribution in [1.82, 2.24) is 0 Å². The van der Waals surface area contributed by atoms with E-state index < -0.39 is 5.82 Å². The summed E-state index contributed by atoms with van der Waals surface area (Å²) >= 11 is 1.56. The fraction of sp³-hybridized carbons (Fsp3) is 0.133. The maximum absolute atomic E-state index is 13.3. The summed E-state index contributed by atoms with van der Waals surface area (Å²) in [6.45, 7) is 0. The molecule has 2 rings (SSSR count). The van der Waals surface area contributed by atoms with E-state index in [0.29, 0.717) is 11.3 Å². The van der Waals surface area contributed by atoms with Crippen molar-refractivity contribution in [1.29, 1.82) is 0 Å². The van der Waals surface area contributed by atoms with E-state index in [0.717, 1.165) is 16.2 Å². The number of hydrogen-bond acceptors (Lipinski definition) is 4. The normalized spacial score (nSPS) is 11.4. The molecule has 21 heavy (non-hydrogen) atoms. The molecule has 0 aliphatic carbocycles. The standard InChI is InChI=1S/C15H15FN2O2S/c1-20-12-3-2-4-13(8-12)21-9-10-5-6-11(16)7-14(10)15(17)18-19/h2-8,19H,9H2,1H3,(H2,17,18). The first kappa shape index (κ1) is 15.2. The van der Waals surface area contributed by atoms with Crippen molar-refractivity contribution in [3.63, 3.8) is 0 Å². The summed E-state index contributed by atoms with van der Waals surface area (Å²) in [6, 6.07) is 11.9. The number of nitrogens with zero attached hydrogens (tertiary/aromatic N) is 1. The van der Waals surface area contributed by atoms with Crippen LogP contribution in [0.3, 0.4) is 0 Å². The van der Waals surface area contributed by atoms with E-state index in [2.05, 4.69) is 5.16 Å². The molecule has 0 unspecified atom stereocenters. The highest BCUT2D eigenvalue weighted by Crippen LogP contribution is 2.27. The molecule has 0 fully saturated rings. The van der Waals surface area contributed by atoms with Gasteiger partial charge in [-0.3, -0.25) is 0 Å². The van der Waals surface area contributed by atoms with Gasteiger partial charge < -0.3 is 15.7 Å². The largest absolute Gasteiger partial charge is 0.497 e.